The van der Waals surface area contributed by atoms with E-state index in [0.29, 0.717) is 0 Å². The second-order valence-electron chi connectivity index (χ2n) is 8.80. The summed E-state index contributed by atoms with van der Waals surface area (Å²) in [7, 11) is 0. The molecule has 3 rings (SSSR count). The summed E-state index contributed by atoms with van der Waals surface area (Å²) in [5.41, 5.74) is 7.55. The van der Waals surface area contributed by atoms with E-state index in [0.717, 1.165) is 5.69 Å². The van der Waals surface area contributed by atoms with Gasteiger partial charge in [-0.05, 0) is 48.4 Å². The number of aromatic nitrogens is 1. The molecule has 0 aliphatic carbocycles. The van der Waals surface area contributed by atoms with E-state index in [9.17, 15) is 0 Å². The van der Waals surface area contributed by atoms with Gasteiger partial charge in [0.15, 0.2) is 0 Å². The molecule has 0 N–H and O–H groups in total. The van der Waals surface area contributed by atoms with E-state index in [2.05, 4.69) is 74.5 Å². The van der Waals surface area contributed by atoms with Crippen molar-refractivity contribution in [3.63, 3.8) is 0 Å². The number of aryl methyl sites for hydroxylation is 2. The van der Waals surface area contributed by atoms with Crippen molar-refractivity contribution in [2.75, 3.05) is 0 Å². The molecule has 2 aromatic carbocycles. The fourth-order valence-corrected chi connectivity index (χ4v) is 4.13. The van der Waals surface area contributed by atoms with Gasteiger partial charge in [0.05, 0.1) is 5.69 Å². The van der Waals surface area contributed by atoms with Crippen LogP contribution >= 0.6 is 0 Å². The minimum absolute atomic E-state index is 1.05. The quantitative estimate of drug-likeness (QED) is 0.255. The van der Waals surface area contributed by atoms with Crippen LogP contribution in [-0.4, -0.2) is 4.98 Å². The molecule has 164 valence electrons. The van der Waals surface area contributed by atoms with Crippen molar-refractivity contribution in [2.45, 2.75) is 84.5 Å². The number of unbranched alkanes of at least 4 members (excludes halogenated alkanes) is 7. The number of hydrogen-bond acceptors (Lipinski definition) is 1. The number of benzene rings is 2. The van der Waals surface area contributed by atoms with Crippen molar-refractivity contribution in [3.8, 4) is 22.4 Å². The maximum absolute atomic E-state index is 4.74. The molecule has 0 radical (unpaired) electrons. The molecule has 0 bridgehead atoms. The van der Waals surface area contributed by atoms with Gasteiger partial charge in [0.25, 0.3) is 0 Å². The summed E-state index contributed by atoms with van der Waals surface area (Å²) >= 11 is 0. The Morgan fingerprint density at radius 1 is 0.484 bits per heavy atom. The summed E-state index contributed by atoms with van der Waals surface area (Å²) in [5.74, 6) is 0. The zero-order valence-electron chi connectivity index (χ0n) is 19.6. The van der Waals surface area contributed by atoms with Crippen molar-refractivity contribution in [3.05, 3.63) is 78.0 Å². The second kappa shape index (κ2) is 13.1. The largest absolute Gasteiger partial charge is 0.256 e. The van der Waals surface area contributed by atoms with Crippen LogP contribution in [-0.2, 0) is 12.8 Å². The lowest BCUT2D eigenvalue weighted by molar-refractivity contribution is 0.607. The van der Waals surface area contributed by atoms with Crippen LogP contribution in [0.2, 0.25) is 0 Å². The van der Waals surface area contributed by atoms with Crippen LogP contribution in [0.4, 0.5) is 0 Å². The van der Waals surface area contributed by atoms with Crippen LogP contribution in [0.5, 0.6) is 0 Å². The predicted molar refractivity (Wildman–Crippen MR) is 135 cm³/mol. The third-order valence-electron chi connectivity index (χ3n) is 6.19. The Balaban J connectivity index is 1.52. The number of hydrogen-bond donors (Lipinski definition) is 0. The Kier molecular flexibility index (Phi) is 9.83. The fourth-order valence-electron chi connectivity index (χ4n) is 4.13. The molecule has 31 heavy (non-hydrogen) atoms. The maximum Gasteiger partial charge on any atom is 0.0702 e. The number of nitrogens with zero attached hydrogens (tertiary/aromatic N) is 1. The fraction of sp³-hybridized carbons (Fsp3) is 0.433. The van der Waals surface area contributed by atoms with E-state index in [-0.39, 0.29) is 0 Å². The average molecular weight is 414 g/mol. The highest BCUT2D eigenvalue weighted by atomic mass is 14.7. The molecule has 0 unspecified atom stereocenters. The lowest BCUT2D eigenvalue weighted by Crippen LogP contribution is -1.89. The predicted octanol–water partition coefficient (Wildman–Crippen LogP) is 9.05. The smallest absolute Gasteiger partial charge is 0.0702 e. The molecule has 1 nitrogen and oxygen atoms in total. The van der Waals surface area contributed by atoms with Gasteiger partial charge in [0.1, 0.15) is 0 Å². The molecular formula is C30H39N. The first-order chi connectivity index (χ1) is 15.3. The van der Waals surface area contributed by atoms with Gasteiger partial charge >= 0.3 is 0 Å². The van der Waals surface area contributed by atoms with Gasteiger partial charge in [0, 0.05) is 17.3 Å². The Hall–Kier alpha value is -2.41. The summed E-state index contributed by atoms with van der Waals surface area (Å²) < 4.78 is 0. The molecule has 0 saturated carbocycles. The zero-order valence-corrected chi connectivity index (χ0v) is 19.6. The molecule has 0 atom stereocenters. The third kappa shape index (κ3) is 7.65. The van der Waals surface area contributed by atoms with Gasteiger partial charge in [-0.25, -0.2) is 0 Å². The third-order valence-corrected chi connectivity index (χ3v) is 6.19. The van der Waals surface area contributed by atoms with E-state index in [1.54, 1.807) is 0 Å². The van der Waals surface area contributed by atoms with Gasteiger partial charge in [-0.3, -0.25) is 4.98 Å². The highest BCUT2D eigenvalue weighted by molar-refractivity contribution is 5.67. The van der Waals surface area contributed by atoms with Crippen molar-refractivity contribution in [2.24, 2.45) is 0 Å². The summed E-state index contributed by atoms with van der Waals surface area (Å²) in [6.07, 6.45) is 16.4. The lowest BCUT2D eigenvalue weighted by atomic mass is 10.0. The summed E-state index contributed by atoms with van der Waals surface area (Å²) in [5, 5.41) is 0. The molecule has 0 spiro atoms. The summed E-state index contributed by atoms with van der Waals surface area (Å²) in [4.78, 5) is 4.74. The average Bonchev–Trinajstić information content (AvgIpc) is 2.82. The SMILES string of the molecule is CCCCCCCCc1ccc(-c2ccc(-c3ccc(CCCCC)cc3)cn2)cc1. The molecular weight excluding hydrogens is 374 g/mol. The molecule has 0 aliphatic heterocycles. The lowest BCUT2D eigenvalue weighted by Gasteiger charge is -2.07. The van der Waals surface area contributed by atoms with Gasteiger partial charge in [0.2, 0.25) is 0 Å². The zero-order chi connectivity index (χ0) is 21.7. The standard InChI is InChI=1S/C30H39N/c1-3-5-7-8-9-11-13-26-16-20-28(21-17-26)30-23-22-29(24-31-30)27-18-14-25(15-19-27)12-10-6-4-2/h14-24H,3-13H2,1-2H3. The number of rotatable bonds is 13. The first-order valence-electron chi connectivity index (χ1n) is 12.4. The Bertz CT molecular complexity index is 860. The van der Waals surface area contributed by atoms with Crippen molar-refractivity contribution in [1.29, 1.82) is 0 Å². The normalized spacial score (nSPS) is 11.0. The van der Waals surface area contributed by atoms with Gasteiger partial charge in [-0.15, -0.1) is 0 Å². The molecule has 0 amide bonds. The molecule has 0 fully saturated rings. The van der Waals surface area contributed by atoms with E-state index >= 15 is 0 Å². The molecule has 0 saturated heterocycles. The first kappa shape index (κ1) is 23.3. The van der Waals surface area contributed by atoms with Crippen molar-refractivity contribution < 1.29 is 0 Å². The molecule has 3 aromatic rings. The van der Waals surface area contributed by atoms with E-state index in [1.165, 1.54) is 98.4 Å². The Morgan fingerprint density at radius 3 is 1.55 bits per heavy atom. The Morgan fingerprint density at radius 2 is 0.968 bits per heavy atom. The summed E-state index contributed by atoms with van der Waals surface area (Å²) in [6, 6.07) is 22.3. The monoisotopic (exact) mass is 413 g/mol. The minimum atomic E-state index is 1.05. The maximum atomic E-state index is 4.74. The topological polar surface area (TPSA) is 12.9 Å². The second-order valence-corrected chi connectivity index (χ2v) is 8.80. The molecule has 1 aromatic heterocycles. The van der Waals surface area contributed by atoms with Crippen molar-refractivity contribution in [1.82, 2.24) is 4.98 Å². The van der Waals surface area contributed by atoms with E-state index in [1.807, 2.05) is 6.20 Å². The van der Waals surface area contributed by atoms with E-state index < -0.39 is 0 Å². The first-order valence-corrected chi connectivity index (χ1v) is 12.4. The van der Waals surface area contributed by atoms with Gasteiger partial charge < -0.3 is 0 Å². The number of pyridine rings is 1. The minimum Gasteiger partial charge on any atom is -0.256 e. The Labute approximate surface area is 190 Å². The van der Waals surface area contributed by atoms with E-state index in [4.69, 9.17) is 4.98 Å². The molecule has 0 aliphatic rings. The highest BCUT2D eigenvalue weighted by Gasteiger charge is 2.03. The van der Waals surface area contributed by atoms with Crippen LogP contribution in [0.3, 0.4) is 0 Å². The highest BCUT2D eigenvalue weighted by Crippen LogP contribution is 2.24. The van der Waals surface area contributed by atoms with Crippen molar-refractivity contribution >= 4 is 0 Å². The molecule has 1 heteroatoms. The van der Waals surface area contributed by atoms with Gasteiger partial charge in [-0.1, -0.05) is 113 Å². The van der Waals surface area contributed by atoms with Crippen LogP contribution in [0.25, 0.3) is 22.4 Å². The van der Waals surface area contributed by atoms with Crippen LogP contribution in [0.1, 0.15) is 82.8 Å². The van der Waals surface area contributed by atoms with Crippen LogP contribution in [0.15, 0.2) is 66.9 Å². The van der Waals surface area contributed by atoms with Gasteiger partial charge in [-0.2, -0.15) is 0 Å². The van der Waals surface area contributed by atoms with Crippen LogP contribution < -0.4 is 0 Å². The summed E-state index contributed by atoms with van der Waals surface area (Å²) in [6.45, 7) is 4.53. The van der Waals surface area contributed by atoms with Crippen LogP contribution in [0, 0.1) is 0 Å². The molecule has 1 heterocycles.